The fourth-order valence-electron chi connectivity index (χ4n) is 1.08. The third-order valence-corrected chi connectivity index (χ3v) is 2.42. The van der Waals surface area contributed by atoms with Crippen molar-refractivity contribution in [3.05, 3.63) is 40.7 Å². The first-order chi connectivity index (χ1) is 7.18. The van der Waals surface area contributed by atoms with Gasteiger partial charge in [-0.15, -0.1) is 5.10 Å². The highest BCUT2D eigenvalue weighted by atomic mass is 35.5. The molecule has 0 radical (unpaired) electrons. The normalized spacial score (nSPS) is 10.3. The van der Waals surface area contributed by atoms with Gasteiger partial charge in [0.15, 0.2) is 5.75 Å². The van der Waals surface area contributed by atoms with E-state index in [0.29, 0.717) is 10.8 Å². The number of benzene rings is 1. The lowest BCUT2D eigenvalue weighted by atomic mass is 10.3. The summed E-state index contributed by atoms with van der Waals surface area (Å²) in [4.78, 5) is 6.83. The minimum Gasteiger partial charge on any atom is -0.355 e. The van der Waals surface area contributed by atoms with Crippen LogP contribution in [0, 0.1) is 13.8 Å². The van der Waals surface area contributed by atoms with Gasteiger partial charge >= 0.3 is 0 Å². The smallest absolute Gasteiger partial charge is 0.176 e. The monoisotopic (exact) mass is 223 g/mol. The number of para-hydroxylation sites is 1. The van der Waals surface area contributed by atoms with Gasteiger partial charge in [-0.05, 0) is 31.2 Å². The SMILES string of the molecule is Cc1nnn(Oc2ccccc2Cl)c1C. The Kier molecular flexibility index (Phi) is 2.60. The van der Waals surface area contributed by atoms with Crippen LogP contribution in [-0.2, 0) is 0 Å². The minimum absolute atomic E-state index is 0.546. The summed E-state index contributed by atoms with van der Waals surface area (Å²) in [7, 11) is 0. The van der Waals surface area contributed by atoms with Crippen LogP contribution in [0.4, 0.5) is 0 Å². The zero-order valence-corrected chi connectivity index (χ0v) is 9.19. The van der Waals surface area contributed by atoms with E-state index in [1.807, 2.05) is 26.0 Å². The largest absolute Gasteiger partial charge is 0.355 e. The highest BCUT2D eigenvalue weighted by Crippen LogP contribution is 2.23. The summed E-state index contributed by atoms with van der Waals surface area (Å²) in [5, 5.41) is 8.27. The van der Waals surface area contributed by atoms with Gasteiger partial charge in [0.25, 0.3) is 0 Å². The molecule has 0 spiro atoms. The Morgan fingerprint density at radius 1 is 1.27 bits per heavy atom. The number of rotatable bonds is 2. The van der Waals surface area contributed by atoms with Gasteiger partial charge in [-0.25, -0.2) is 0 Å². The lowest BCUT2D eigenvalue weighted by molar-refractivity contribution is 0.167. The minimum atomic E-state index is 0.546. The second kappa shape index (κ2) is 3.90. The van der Waals surface area contributed by atoms with Crippen LogP contribution >= 0.6 is 11.6 Å². The molecule has 1 aromatic heterocycles. The number of hydrogen-bond acceptors (Lipinski definition) is 3. The predicted molar refractivity (Wildman–Crippen MR) is 57.0 cm³/mol. The maximum atomic E-state index is 5.95. The molecule has 78 valence electrons. The van der Waals surface area contributed by atoms with E-state index in [-0.39, 0.29) is 0 Å². The maximum absolute atomic E-state index is 5.95. The molecule has 0 atom stereocenters. The second-order valence-corrected chi connectivity index (χ2v) is 3.56. The van der Waals surface area contributed by atoms with E-state index in [9.17, 15) is 0 Å². The fraction of sp³-hybridized carbons (Fsp3) is 0.200. The Morgan fingerprint density at radius 2 is 2.00 bits per heavy atom. The quantitative estimate of drug-likeness (QED) is 0.785. The Morgan fingerprint density at radius 3 is 2.60 bits per heavy atom. The van der Waals surface area contributed by atoms with E-state index in [1.54, 1.807) is 12.1 Å². The third kappa shape index (κ3) is 1.94. The van der Waals surface area contributed by atoms with Crippen molar-refractivity contribution >= 4 is 11.6 Å². The molecule has 2 aromatic rings. The molecule has 0 bridgehead atoms. The summed E-state index contributed by atoms with van der Waals surface area (Å²) < 4.78 is 0. The van der Waals surface area contributed by atoms with Crippen LogP contribution in [0.15, 0.2) is 24.3 Å². The van der Waals surface area contributed by atoms with Gasteiger partial charge in [-0.2, -0.15) is 0 Å². The molecule has 1 aromatic carbocycles. The molecular formula is C10H10ClN3O. The Hall–Kier alpha value is -1.55. The summed E-state index contributed by atoms with van der Waals surface area (Å²) in [5.74, 6) is 0.562. The maximum Gasteiger partial charge on any atom is 0.176 e. The number of aryl methyl sites for hydroxylation is 1. The predicted octanol–water partition coefficient (Wildman–Crippen LogP) is 2.39. The lowest BCUT2D eigenvalue weighted by Gasteiger charge is -2.06. The summed E-state index contributed by atoms with van der Waals surface area (Å²) in [6.07, 6.45) is 0. The van der Waals surface area contributed by atoms with Crippen molar-refractivity contribution < 1.29 is 4.84 Å². The number of hydrogen-bond donors (Lipinski definition) is 0. The van der Waals surface area contributed by atoms with Crippen molar-refractivity contribution in [1.29, 1.82) is 0 Å². The zero-order valence-electron chi connectivity index (χ0n) is 8.44. The van der Waals surface area contributed by atoms with Crippen LogP contribution < -0.4 is 4.84 Å². The van der Waals surface area contributed by atoms with Crippen molar-refractivity contribution in [2.45, 2.75) is 13.8 Å². The van der Waals surface area contributed by atoms with E-state index in [2.05, 4.69) is 10.3 Å². The lowest BCUT2D eigenvalue weighted by Crippen LogP contribution is -2.09. The second-order valence-electron chi connectivity index (χ2n) is 3.15. The average Bonchev–Trinajstić information content (AvgIpc) is 2.53. The summed E-state index contributed by atoms with van der Waals surface area (Å²) in [6, 6.07) is 7.23. The molecule has 0 N–H and O–H groups in total. The van der Waals surface area contributed by atoms with Gasteiger partial charge < -0.3 is 4.84 Å². The number of aromatic nitrogens is 3. The van der Waals surface area contributed by atoms with Crippen LogP contribution in [0.25, 0.3) is 0 Å². The van der Waals surface area contributed by atoms with Crippen LogP contribution in [0.5, 0.6) is 5.75 Å². The molecule has 0 aliphatic rings. The highest BCUT2D eigenvalue weighted by molar-refractivity contribution is 6.32. The van der Waals surface area contributed by atoms with Crippen molar-refractivity contribution in [3.8, 4) is 5.75 Å². The first-order valence-corrected chi connectivity index (χ1v) is 4.88. The molecule has 0 unspecified atom stereocenters. The topological polar surface area (TPSA) is 39.9 Å². The van der Waals surface area contributed by atoms with Gasteiger partial charge in [0.2, 0.25) is 0 Å². The summed E-state index contributed by atoms with van der Waals surface area (Å²) >= 11 is 5.95. The van der Waals surface area contributed by atoms with Gasteiger partial charge in [0.1, 0.15) is 5.69 Å². The molecule has 4 nitrogen and oxygen atoms in total. The molecule has 0 aliphatic heterocycles. The molecule has 0 amide bonds. The molecule has 0 saturated carbocycles. The number of nitrogens with zero attached hydrogens (tertiary/aromatic N) is 3. The standard InChI is InChI=1S/C10H10ClN3O/c1-7-8(2)14(13-12-7)15-10-6-4-3-5-9(10)11/h3-6H,1-2H3. The van der Waals surface area contributed by atoms with E-state index in [1.165, 1.54) is 4.85 Å². The van der Waals surface area contributed by atoms with Crippen LogP contribution in [-0.4, -0.2) is 15.2 Å². The van der Waals surface area contributed by atoms with Gasteiger partial charge in [0.05, 0.1) is 10.7 Å². The van der Waals surface area contributed by atoms with E-state index >= 15 is 0 Å². The molecule has 5 heteroatoms. The first-order valence-electron chi connectivity index (χ1n) is 4.50. The van der Waals surface area contributed by atoms with Crippen LogP contribution in [0.2, 0.25) is 5.02 Å². The molecule has 15 heavy (non-hydrogen) atoms. The van der Waals surface area contributed by atoms with E-state index in [4.69, 9.17) is 16.4 Å². The molecule has 2 rings (SSSR count). The van der Waals surface area contributed by atoms with Crippen LogP contribution in [0.3, 0.4) is 0 Å². The molecule has 0 fully saturated rings. The van der Waals surface area contributed by atoms with E-state index < -0.39 is 0 Å². The van der Waals surface area contributed by atoms with Gasteiger partial charge in [-0.1, -0.05) is 28.6 Å². The molecule has 1 heterocycles. The van der Waals surface area contributed by atoms with Crippen LogP contribution in [0.1, 0.15) is 11.4 Å². The first kappa shape index (κ1) is 9.98. The van der Waals surface area contributed by atoms with Gasteiger partial charge in [-0.3, -0.25) is 0 Å². The summed E-state index contributed by atoms with van der Waals surface area (Å²) in [5.41, 5.74) is 1.69. The molecule has 0 aliphatic carbocycles. The van der Waals surface area contributed by atoms with Crippen molar-refractivity contribution in [1.82, 2.24) is 15.2 Å². The fourth-order valence-corrected chi connectivity index (χ4v) is 1.25. The highest BCUT2D eigenvalue weighted by Gasteiger charge is 2.07. The molecular weight excluding hydrogens is 214 g/mol. The third-order valence-electron chi connectivity index (χ3n) is 2.11. The molecule has 0 saturated heterocycles. The van der Waals surface area contributed by atoms with Crippen molar-refractivity contribution in [2.24, 2.45) is 0 Å². The Balaban J connectivity index is 2.30. The van der Waals surface area contributed by atoms with E-state index in [0.717, 1.165) is 11.4 Å². The number of halogens is 1. The van der Waals surface area contributed by atoms with Gasteiger partial charge in [0, 0.05) is 0 Å². The van der Waals surface area contributed by atoms with Crippen molar-refractivity contribution in [2.75, 3.05) is 0 Å². The Labute approximate surface area is 92.4 Å². The van der Waals surface area contributed by atoms with Crippen molar-refractivity contribution in [3.63, 3.8) is 0 Å². The average molecular weight is 224 g/mol. The summed E-state index contributed by atoms with van der Waals surface area (Å²) in [6.45, 7) is 3.75. The zero-order chi connectivity index (χ0) is 10.8. The Bertz CT molecular complexity index is 481.